The predicted octanol–water partition coefficient (Wildman–Crippen LogP) is 4.46. The highest BCUT2D eigenvalue weighted by Gasteiger charge is 2.46. The first-order valence-corrected chi connectivity index (χ1v) is 11.1. The van der Waals surface area contributed by atoms with Gasteiger partial charge in [-0.15, -0.1) is 6.58 Å². The van der Waals surface area contributed by atoms with Crippen molar-refractivity contribution in [2.45, 2.75) is 63.9 Å². The lowest BCUT2D eigenvalue weighted by molar-refractivity contribution is -0.128. The lowest BCUT2D eigenvalue weighted by Gasteiger charge is -2.40. The van der Waals surface area contributed by atoms with Gasteiger partial charge in [0.1, 0.15) is 0 Å². The second kappa shape index (κ2) is 6.80. The number of nitrogens with zero attached hydrogens (tertiary/aromatic N) is 1. The van der Waals surface area contributed by atoms with E-state index in [1.54, 1.807) is 6.08 Å². The summed E-state index contributed by atoms with van der Waals surface area (Å²) in [6.45, 7) is 19.4. The van der Waals surface area contributed by atoms with Crippen LogP contribution < -0.4 is 0 Å². The number of hydrogen-bond acceptors (Lipinski definition) is 2. The summed E-state index contributed by atoms with van der Waals surface area (Å²) in [6.07, 6.45) is 2.91. The largest absolute Gasteiger partial charge is 0.411 e. The summed E-state index contributed by atoms with van der Waals surface area (Å²) in [4.78, 5) is 14.1. The monoisotopic (exact) mass is 373 g/mol. The molecule has 0 aromatic carbocycles. The van der Waals surface area contributed by atoms with Gasteiger partial charge in [0, 0.05) is 13.0 Å². The van der Waals surface area contributed by atoms with E-state index in [0.29, 0.717) is 13.0 Å². The maximum Gasteiger partial charge on any atom is 0.225 e. The molecule has 0 radical (unpaired) electrons. The van der Waals surface area contributed by atoms with Crippen molar-refractivity contribution >= 4 is 30.2 Å². The molecule has 1 aliphatic rings. The first-order valence-electron chi connectivity index (χ1n) is 7.41. The fraction of sp³-hybridized carbons (Fsp3) is 0.688. The van der Waals surface area contributed by atoms with E-state index in [0.717, 1.165) is 10.9 Å². The summed E-state index contributed by atoms with van der Waals surface area (Å²) >= 11 is 3.43. The Labute approximate surface area is 138 Å². The topological polar surface area (TPSA) is 29.5 Å². The van der Waals surface area contributed by atoms with Crippen LogP contribution in [0.4, 0.5) is 0 Å². The zero-order chi connectivity index (χ0) is 16.4. The van der Waals surface area contributed by atoms with Gasteiger partial charge < -0.3 is 9.33 Å². The van der Waals surface area contributed by atoms with Crippen molar-refractivity contribution in [1.29, 1.82) is 0 Å². The molecule has 3 nitrogen and oxygen atoms in total. The summed E-state index contributed by atoms with van der Waals surface area (Å²) in [7, 11) is -1.89. The molecule has 0 N–H and O–H groups in total. The Kier molecular flexibility index (Phi) is 6.04. The van der Waals surface area contributed by atoms with Crippen molar-refractivity contribution in [3.8, 4) is 0 Å². The number of halogens is 1. The lowest BCUT2D eigenvalue weighted by atomic mass is 10.1. The van der Waals surface area contributed by atoms with Gasteiger partial charge in [-0.25, -0.2) is 0 Å². The molecule has 0 bridgehead atoms. The summed E-state index contributed by atoms with van der Waals surface area (Å²) in [6, 6.07) is 0.0523. The van der Waals surface area contributed by atoms with Crippen LogP contribution in [0, 0.1) is 0 Å². The smallest absolute Gasteiger partial charge is 0.225 e. The van der Waals surface area contributed by atoms with Crippen LogP contribution in [-0.4, -0.2) is 37.8 Å². The van der Waals surface area contributed by atoms with Crippen molar-refractivity contribution in [3.63, 3.8) is 0 Å². The molecule has 1 fully saturated rings. The van der Waals surface area contributed by atoms with E-state index in [1.807, 2.05) is 4.90 Å². The minimum absolute atomic E-state index is 0.0485. The second-order valence-electron chi connectivity index (χ2n) is 7.24. The maximum absolute atomic E-state index is 12.3. The van der Waals surface area contributed by atoms with Crippen molar-refractivity contribution in [3.05, 3.63) is 23.7 Å². The van der Waals surface area contributed by atoms with Gasteiger partial charge in [0.15, 0.2) is 8.32 Å². The van der Waals surface area contributed by atoms with Gasteiger partial charge in [-0.1, -0.05) is 49.4 Å². The Hall–Kier alpha value is -0.393. The van der Waals surface area contributed by atoms with Crippen LogP contribution in [0.15, 0.2) is 23.7 Å². The Morgan fingerprint density at radius 1 is 1.52 bits per heavy atom. The molecule has 0 saturated carbocycles. The summed E-state index contributed by atoms with van der Waals surface area (Å²) in [5.41, 5.74) is 0. The number of rotatable bonds is 6. The molecule has 0 aliphatic carbocycles. The third kappa shape index (κ3) is 4.54. The number of hydrogen-bond donors (Lipinski definition) is 0. The molecule has 1 rings (SSSR count). The van der Waals surface area contributed by atoms with Crippen LogP contribution >= 0.6 is 15.9 Å². The fourth-order valence-electron chi connectivity index (χ4n) is 2.33. The van der Waals surface area contributed by atoms with Crippen molar-refractivity contribution < 1.29 is 9.22 Å². The maximum atomic E-state index is 12.3. The van der Waals surface area contributed by atoms with E-state index in [4.69, 9.17) is 4.43 Å². The van der Waals surface area contributed by atoms with Crippen LogP contribution in [0.2, 0.25) is 18.1 Å². The Balaban J connectivity index is 2.96. The first-order chi connectivity index (χ1) is 9.49. The molecule has 0 spiro atoms. The average Bonchev–Trinajstić information content (AvgIpc) is 2.55. The summed E-state index contributed by atoms with van der Waals surface area (Å²) in [5.74, 6) is 0.150. The second-order valence-corrected chi connectivity index (χ2v) is 13.1. The standard InChI is InChI=1S/C16H28BrNO2Si/c1-8-9-18-13(10-12(2)17)14(11-15(18)19)20-21(6,7)16(3,4)5/h8,13-14H,1-2,9-11H2,3-7H3/t13-,14-/m0/s1. The van der Waals surface area contributed by atoms with Gasteiger partial charge in [0.25, 0.3) is 0 Å². The first kappa shape index (κ1) is 18.7. The van der Waals surface area contributed by atoms with E-state index >= 15 is 0 Å². The van der Waals surface area contributed by atoms with Crippen LogP contribution in [-0.2, 0) is 9.22 Å². The third-order valence-electron chi connectivity index (χ3n) is 4.53. The van der Waals surface area contributed by atoms with E-state index in [-0.39, 0.29) is 23.1 Å². The molecule has 0 aromatic rings. The summed E-state index contributed by atoms with van der Waals surface area (Å²) in [5, 5.41) is 0.137. The quantitative estimate of drug-likeness (QED) is 0.507. The zero-order valence-corrected chi connectivity index (χ0v) is 16.5. The molecule has 5 heteroatoms. The average molecular weight is 374 g/mol. The lowest BCUT2D eigenvalue weighted by Crippen LogP contribution is -2.47. The normalized spacial score (nSPS) is 23.5. The molecule has 2 atom stereocenters. The Bertz CT molecular complexity index is 428. The molecule has 1 saturated heterocycles. The van der Waals surface area contributed by atoms with E-state index in [1.165, 1.54) is 0 Å². The number of carbonyl (C=O) groups excluding carboxylic acids is 1. The fourth-order valence-corrected chi connectivity index (χ4v) is 4.01. The SMILES string of the molecule is C=CCN1C(=O)C[C@H](O[Si](C)(C)C(C)(C)C)[C@@H]1CC(=C)Br. The molecular formula is C16H28BrNO2Si. The van der Waals surface area contributed by atoms with Crippen LogP contribution in [0.1, 0.15) is 33.6 Å². The Morgan fingerprint density at radius 2 is 2.10 bits per heavy atom. The highest BCUT2D eigenvalue weighted by molar-refractivity contribution is 9.11. The number of carbonyl (C=O) groups is 1. The molecule has 1 aliphatic heterocycles. The van der Waals surface area contributed by atoms with Gasteiger partial charge in [0.2, 0.25) is 5.91 Å². The van der Waals surface area contributed by atoms with Gasteiger partial charge in [0.05, 0.1) is 18.6 Å². The van der Waals surface area contributed by atoms with Gasteiger partial charge in [-0.3, -0.25) is 4.79 Å². The zero-order valence-electron chi connectivity index (χ0n) is 13.9. The van der Waals surface area contributed by atoms with Crippen LogP contribution in [0.25, 0.3) is 0 Å². The highest BCUT2D eigenvalue weighted by atomic mass is 79.9. The molecule has 1 amide bonds. The number of amides is 1. The van der Waals surface area contributed by atoms with E-state index in [9.17, 15) is 4.79 Å². The minimum atomic E-state index is -1.89. The minimum Gasteiger partial charge on any atom is -0.411 e. The van der Waals surface area contributed by atoms with Crippen LogP contribution in [0.5, 0.6) is 0 Å². The van der Waals surface area contributed by atoms with Gasteiger partial charge in [-0.05, 0) is 22.6 Å². The predicted molar refractivity (Wildman–Crippen MR) is 95.1 cm³/mol. The molecule has 120 valence electrons. The highest BCUT2D eigenvalue weighted by Crippen LogP contribution is 2.40. The van der Waals surface area contributed by atoms with Crippen molar-refractivity contribution in [1.82, 2.24) is 4.90 Å². The molecule has 0 unspecified atom stereocenters. The number of likely N-dealkylation sites (tertiary alicyclic amines) is 1. The van der Waals surface area contributed by atoms with Crippen molar-refractivity contribution in [2.24, 2.45) is 0 Å². The van der Waals surface area contributed by atoms with Crippen LogP contribution in [0.3, 0.4) is 0 Å². The van der Waals surface area contributed by atoms with Gasteiger partial charge in [-0.2, -0.15) is 0 Å². The molecular weight excluding hydrogens is 346 g/mol. The van der Waals surface area contributed by atoms with E-state index < -0.39 is 8.32 Å². The van der Waals surface area contributed by atoms with E-state index in [2.05, 4.69) is 63.0 Å². The molecule has 21 heavy (non-hydrogen) atoms. The molecule has 1 heterocycles. The Morgan fingerprint density at radius 3 is 2.52 bits per heavy atom. The van der Waals surface area contributed by atoms with Crippen molar-refractivity contribution in [2.75, 3.05) is 6.54 Å². The van der Waals surface area contributed by atoms with Gasteiger partial charge >= 0.3 is 0 Å². The third-order valence-corrected chi connectivity index (χ3v) is 9.36. The summed E-state index contributed by atoms with van der Waals surface area (Å²) < 4.78 is 7.41. The molecule has 0 aromatic heterocycles.